The molecule has 0 spiro atoms. The lowest BCUT2D eigenvalue weighted by molar-refractivity contribution is -0.136. The first kappa shape index (κ1) is 21.2. The fourth-order valence-electron chi connectivity index (χ4n) is 4.51. The number of ether oxygens (including phenoxy) is 1. The number of imidazole rings is 1. The van der Waals surface area contributed by atoms with E-state index < -0.39 is 0 Å². The van der Waals surface area contributed by atoms with E-state index in [1.165, 1.54) is 5.56 Å². The van der Waals surface area contributed by atoms with Gasteiger partial charge in [-0.1, -0.05) is 54.6 Å². The third kappa shape index (κ3) is 4.76. The molecule has 0 aliphatic carbocycles. The summed E-state index contributed by atoms with van der Waals surface area (Å²) in [5.41, 5.74) is 4.18. The Bertz CT molecular complexity index is 1190. The fourth-order valence-corrected chi connectivity index (χ4v) is 4.51. The molecule has 33 heavy (non-hydrogen) atoms. The van der Waals surface area contributed by atoms with Gasteiger partial charge in [0.25, 0.3) is 0 Å². The number of para-hydroxylation sites is 2. The van der Waals surface area contributed by atoms with Gasteiger partial charge in [-0.05, 0) is 35.4 Å². The molecule has 1 fully saturated rings. The zero-order valence-electron chi connectivity index (χ0n) is 18.8. The van der Waals surface area contributed by atoms with Crippen molar-refractivity contribution in [1.82, 2.24) is 19.8 Å². The Balaban J connectivity index is 1.39. The van der Waals surface area contributed by atoms with Crippen LogP contribution in [-0.2, 0) is 17.8 Å². The van der Waals surface area contributed by atoms with Gasteiger partial charge in [-0.2, -0.15) is 0 Å². The van der Waals surface area contributed by atoms with E-state index in [-0.39, 0.29) is 11.9 Å². The summed E-state index contributed by atoms with van der Waals surface area (Å²) in [4.78, 5) is 26.1. The summed E-state index contributed by atoms with van der Waals surface area (Å²) in [5.74, 6) is 1.75. The van der Waals surface area contributed by atoms with Gasteiger partial charge in [-0.25, -0.2) is 4.98 Å². The lowest BCUT2D eigenvalue weighted by atomic mass is 10.1. The first-order valence-corrected chi connectivity index (χ1v) is 11.3. The predicted molar refractivity (Wildman–Crippen MR) is 129 cm³/mol. The number of aromatic nitrogens is 2. The van der Waals surface area contributed by atoms with Crippen LogP contribution in [0.25, 0.3) is 11.0 Å². The lowest BCUT2D eigenvalue weighted by Gasteiger charge is -2.40. The molecule has 1 aliphatic heterocycles. The van der Waals surface area contributed by atoms with Crippen molar-refractivity contribution in [2.75, 3.05) is 26.7 Å². The third-order valence-electron chi connectivity index (χ3n) is 6.27. The van der Waals surface area contributed by atoms with Crippen LogP contribution < -0.4 is 4.74 Å². The topological polar surface area (TPSA) is 61.5 Å². The molecule has 3 aromatic carbocycles. The number of carbonyl (C=O) groups excluding carboxylic acids is 1. The van der Waals surface area contributed by atoms with Crippen molar-refractivity contribution in [2.24, 2.45) is 0 Å². The Kier molecular flexibility index (Phi) is 6.09. The minimum Gasteiger partial charge on any atom is -0.497 e. The number of carbonyl (C=O) groups is 1. The molecule has 0 saturated carbocycles. The van der Waals surface area contributed by atoms with Gasteiger partial charge >= 0.3 is 0 Å². The van der Waals surface area contributed by atoms with E-state index in [9.17, 15) is 4.79 Å². The second kappa shape index (κ2) is 9.46. The average Bonchev–Trinajstić information content (AvgIpc) is 3.29. The van der Waals surface area contributed by atoms with Gasteiger partial charge in [-0.15, -0.1) is 0 Å². The molecule has 6 nitrogen and oxygen atoms in total. The molecular weight excluding hydrogens is 412 g/mol. The van der Waals surface area contributed by atoms with Crippen LogP contribution in [0.15, 0.2) is 78.9 Å². The van der Waals surface area contributed by atoms with Crippen molar-refractivity contribution in [3.05, 3.63) is 95.8 Å². The molecule has 6 heteroatoms. The Hall–Kier alpha value is -3.64. The number of fused-ring (bicyclic) bond motifs is 1. The molecule has 1 aliphatic rings. The normalized spacial score (nSPS) is 16.8. The van der Waals surface area contributed by atoms with Crippen LogP contribution in [0.3, 0.4) is 0 Å². The summed E-state index contributed by atoms with van der Waals surface area (Å²) in [6.45, 7) is 3.10. The molecule has 2 heterocycles. The summed E-state index contributed by atoms with van der Waals surface area (Å²) in [7, 11) is 1.65. The van der Waals surface area contributed by atoms with Crippen molar-refractivity contribution in [1.29, 1.82) is 0 Å². The number of nitrogens with zero attached hydrogens (tertiary/aromatic N) is 3. The second-order valence-electron chi connectivity index (χ2n) is 8.49. The average molecular weight is 441 g/mol. The highest BCUT2D eigenvalue weighted by Gasteiger charge is 2.33. The monoisotopic (exact) mass is 440 g/mol. The summed E-state index contributed by atoms with van der Waals surface area (Å²) >= 11 is 0. The van der Waals surface area contributed by atoms with Crippen LogP contribution in [0.5, 0.6) is 5.75 Å². The molecule has 5 rings (SSSR count). The number of methoxy groups -OCH3 is 1. The first-order chi connectivity index (χ1) is 16.2. The van der Waals surface area contributed by atoms with Gasteiger partial charge in [0.05, 0.1) is 24.6 Å². The van der Waals surface area contributed by atoms with Gasteiger partial charge in [-0.3, -0.25) is 9.69 Å². The summed E-state index contributed by atoms with van der Waals surface area (Å²) < 4.78 is 5.24. The molecule has 4 aromatic rings. The number of piperazine rings is 1. The van der Waals surface area contributed by atoms with Crippen LogP contribution in [0.1, 0.15) is 23.0 Å². The minimum absolute atomic E-state index is 0.116. The fraction of sp³-hybridized carbons (Fsp3) is 0.259. The molecule has 1 N–H and O–H groups in total. The van der Waals surface area contributed by atoms with Gasteiger partial charge in [0.2, 0.25) is 5.91 Å². The van der Waals surface area contributed by atoms with Crippen molar-refractivity contribution in [2.45, 2.75) is 19.0 Å². The Morgan fingerprint density at radius 3 is 2.48 bits per heavy atom. The second-order valence-corrected chi connectivity index (χ2v) is 8.49. The number of rotatable bonds is 6. The zero-order valence-corrected chi connectivity index (χ0v) is 18.8. The molecule has 1 unspecified atom stereocenters. The van der Waals surface area contributed by atoms with E-state index in [1.54, 1.807) is 7.11 Å². The number of hydrogen-bond donors (Lipinski definition) is 1. The van der Waals surface area contributed by atoms with Crippen molar-refractivity contribution in [3.8, 4) is 5.75 Å². The highest BCUT2D eigenvalue weighted by molar-refractivity contribution is 5.80. The molecule has 1 amide bonds. The largest absolute Gasteiger partial charge is 0.497 e. The summed E-state index contributed by atoms with van der Waals surface area (Å²) in [6, 6.07) is 26.1. The van der Waals surface area contributed by atoms with E-state index in [2.05, 4.69) is 34.1 Å². The lowest BCUT2D eigenvalue weighted by Crippen LogP contribution is -2.51. The first-order valence-electron chi connectivity index (χ1n) is 11.3. The van der Waals surface area contributed by atoms with E-state index >= 15 is 0 Å². The smallest absolute Gasteiger partial charge is 0.227 e. The van der Waals surface area contributed by atoms with E-state index in [0.29, 0.717) is 13.0 Å². The van der Waals surface area contributed by atoms with Crippen LogP contribution in [0.2, 0.25) is 0 Å². The Morgan fingerprint density at radius 1 is 0.970 bits per heavy atom. The molecule has 0 radical (unpaired) electrons. The SMILES string of the molecule is COc1ccc(CC(=O)N2CCN(Cc3ccccc3)CC2c2nc3ccccc3[nH]2)cc1. The maximum Gasteiger partial charge on any atom is 0.227 e. The molecule has 1 saturated heterocycles. The van der Waals surface area contributed by atoms with Crippen LogP contribution in [0, 0.1) is 0 Å². The minimum atomic E-state index is -0.124. The number of amides is 1. The number of H-pyrrole nitrogens is 1. The van der Waals surface area contributed by atoms with Crippen molar-refractivity contribution in [3.63, 3.8) is 0 Å². The molecule has 0 bridgehead atoms. The quantitative estimate of drug-likeness (QED) is 0.488. The Morgan fingerprint density at radius 2 is 1.73 bits per heavy atom. The third-order valence-corrected chi connectivity index (χ3v) is 6.27. The van der Waals surface area contributed by atoms with Gasteiger partial charge in [0, 0.05) is 26.2 Å². The molecule has 168 valence electrons. The number of nitrogens with one attached hydrogen (secondary N) is 1. The zero-order chi connectivity index (χ0) is 22.6. The van der Waals surface area contributed by atoms with Crippen molar-refractivity contribution >= 4 is 16.9 Å². The summed E-state index contributed by atoms with van der Waals surface area (Å²) in [6.07, 6.45) is 0.361. The van der Waals surface area contributed by atoms with E-state index in [1.807, 2.05) is 59.5 Å². The number of benzene rings is 3. The van der Waals surface area contributed by atoms with Gasteiger partial charge in [0.15, 0.2) is 0 Å². The standard InChI is InChI=1S/C27H28N4O2/c1-33-22-13-11-20(12-14-22)17-26(32)31-16-15-30(18-21-7-3-2-4-8-21)19-25(31)27-28-23-9-5-6-10-24(23)29-27/h2-14,25H,15-19H2,1H3,(H,28,29). The number of hydrogen-bond acceptors (Lipinski definition) is 4. The molecular formula is C27H28N4O2. The van der Waals surface area contributed by atoms with Crippen LogP contribution >= 0.6 is 0 Å². The van der Waals surface area contributed by atoms with Gasteiger partial charge in [0.1, 0.15) is 17.6 Å². The maximum atomic E-state index is 13.4. The predicted octanol–water partition coefficient (Wildman–Crippen LogP) is 4.20. The Labute approximate surface area is 193 Å². The van der Waals surface area contributed by atoms with Crippen LogP contribution in [0.4, 0.5) is 0 Å². The van der Waals surface area contributed by atoms with E-state index in [4.69, 9.17) is 9.72 Å². The van der Waals surface area contributed by atoms with Gasteiger partial charge < -0.3 is 14.6 Å². The number of aromatic amines is 1. The maximum absolute atomic E-state index is 13.4. The highest BCUT2D eigenvalue weighted by atomic mass is 16.5. The van der Waals surface area contributed by atoms with E-state index in [0.717, 1.165) is 47.8 Å². The highest BCUT2D eigenvalue weighted by Crippen LogP contribution is 2.27. The van der Waals surface area contributed by atoms with Crippen LogP contribution in [-0.4, -0.2) is 52.4 Å². The molecule has 1 aromatic heterocycles. The van der Waals surface area contributed by atoms with Crippen molar-refractivity contribution < 1.29 is 9.53 Å². The molecule has 1 atom stereocenters. The summed E-state index contributed by atoms with van der Waals surface area (Å²) in [5, 5.41) is 0.